The predicted molar refractivity (Wildman–Crippen MR) is 90.4 cm³/mol. The molecule has 1 aromatic heterocycles. The summed E-state index contributed by atoms with van der Waals surface area (Å²) in [6.45, 7) is 0.276. The minimum absolute atomic E-state index is 0.212. The Labute approximate surface area is 141 Å². The lowest BCUT2D eigenvalue weighted by molar-refractivity contribution is -0.129. The third-order valence-electron chi connectivity index (χ3n) is 4.25. The first-order valence-corrected chi connectivity index (χ1v) is 8.35. The summed E-state index contributed by atoms with van der Waals surface area (Å²) in [6.07, 6.45) is 5.20. The van der Waals surface area contributed by atoms with Crippen molar-refractivity contribution >= 4 is 5.91 Å². The van der Waals surface area contributed by atoms with Gasteiger partial charge in [-0.1, -0.05) is 36.4 Å². The molecule has 1 fully saturated rings. The van der Waals surface area contributed by atoms with Crippen molar-refractivity contribution < 1.29 is 14.6 Å². The van der Waals surface area contributed by atoms with Crippen LogP contribution in [0.1, 0.15) is 42.9 Å². The predicted octanol–water partition coefficient (Wildman–Crippen LogP) is 2.75. The number of benzene rings is 1. The van der Waals surface area contributed by atoms with E-state index in [4.69, 9.17) is 4.74 Å². The zero-order valence-corrected chi connectivity index (χ0v) is 13.5. The van der Waals surface area contributed by atoms with Gasteiger partial charge in [0, 0.05) is 18.3 Å². The molecule has 2 N–H and O–H groups in total. The molecule has 2 aromatic rings. The summed E-state index contributed by atoms with van der Waals surface area (Å²) in [5.74, 6) is 0.135. The van der Waals surface area contributed by atoms with Gasteiger partial charge in [0.25, 0.3) is 5.91 Å². The Morgan fingerprint density at radius 2 is 1.96 bits per heavy atom. The Morgan fingerprint density at radius 1 is 1.21 bits per heavy atom. The Balaban J connectivity index is 1.60. The fourth-order valence-electron chi connectivity index (χ4n) is 2.89. The van der Waals surface area contributed by atoms with Gasteiger partial charge in [-0.05, 0) is 37.3 Å². The molecule has 1 aliphatic rings. The van der Waals surface area contributed by atoms with Crippen LogP contribution in [0.4, 0.5) is 0 Å². The van der Waals surface area contributed by atoms with Crippen LogP contribution < -0.4 is 10.1 Å². The van der Waals surface area contributed by atoms with Crippen molar-refractivity contribution in [1.29, 1.82) is 0 Å². The first-order valence-electron chi connectivity index (χ1n) is 8.35. The maximum Gasteiger partial charge on any atom is 0.253 e. The maximum atomic E-state index is 12.2. The van der Waals surface area contributed by atoms with Gasteiger partial charge in [0.05, 0.1) is 0 Å². The molecule has 1 saturated carbocycles. The third kappa shape index (κ3) is 4.11. The molecule has 0 radical (unpaired) electrons. The highest BCUT2D eigenvalue weighted by Crippen LogP contribution is 2.25. The van der Waals surface area contributed by atoms with E-state index in [-0.39, 0.29) is 12.6 Å². The average Bonchev–Trinajstić information content (AvgIpc) is 3.14. The molecule has 1 aliphatic carbocycles. The van der Waals surface area contributed by atoms with Crippen LogP contribution in [0.5, 0.6) is 5.88 Å². The fraction of sp³-hybridized carbons (Fsp3) is 0.368. The maximum absolute atomic E-state index is 12.2. The molecule has 5 heteroatoms. The van der Waals surface area contributed by atoms with Crippen molar-refractivity contribution in [3.63, 3.8) is 0 Å². The van der Waals surface area contributed by atoms with Gasteiger partial charge in [-0.25, -0.2) is 4.98 Å². The monoisotopic (exact) mass is 326 g/mol. The van der Waals surface area contributed by atoms with E-state index in [0.717, 1.165) is 18.4 Å². The number of aromatic nitrogens is 1. The lowest BCUT2D eigenvalue weighted by Gasteiger charge is -2.16. The van der Waals surface area contributed by atoms with Gasteiger partial charge >= 0.3 is 0 Å². The summed E-state index contributed by atoms with van der Waals surface area (Å²) in [5, 5.41) is 12.9. The minimum atomic E-state index is -1.18. The number of nitrogens with zero attached hydrogens (tertiary/aromatic N) is 1. The van der Waals surface area contributed by atoms with Gasteiger partial charge in [0.15, 0.2) is 6.10 Å². The van der Waals surface area contributed by atoms with Crippen LogP contribution >= 0.6 is 0 Å². The summed E-state index contributed by atoms with van der Waals surface area (Å²) in [5.41, 5.74) is 1.39. The van der Waals surface area contributed by atoms with Crippen molar-refractivity contribution in [3.8, 4) is 5.88 Å². The fourth-order valence-corrected chi connectivity index (χ4v) is 2.89. The van der Waals surface area contributed by atoms with E-state index >= 15 is 0 Å². The van der Waals surface area contributed by atoms with Gasteiger partial charge in [0.1, 0.15) is 6.10 Å². The molecule has 0 saturated heterocycles. The van der Waals surface area contributed by atoms with Crippen molar-refractivity contribution in [3.05, 3.63) is 59.8 Å². The number of aliphatic hydroxyl groups excluding tert-OH is 1. The summed E-state index contributed by atoms with van der Waals surface area (Å²) in [7, 11) is 0. The first kappa shape index (κ1) is 16.5. The number of pyridine rings is 1. The highest BCUT2D eigenvalue weighted by molar-refractivity contribution is 5.81. The molecule has 1 unspecified atom stereocenters. The molecule has 0 spiro atoms. The number of carbonyl (C=O) groups excluding carboxylic acids is 1. The van der Waals surface area contributed by atoms with Gasteiger partial charge in [-0.2, -0.15) is 0 Å². The van der Waals surface area contributed by atoms with E-state index in [2.05, 4.69) is 10.3 Å². The van der Waals surface area contributed by atoms with Crippen molar-refractivity contribution in [2.24, 2.45) is 0 Å². The van der Waals surface area contributed by atoms with E-state index in [1.165, 1.54) is 12.8 Å². The Bertz CT molecular complexity index is 669. The number of ether oxygens (including phenoxy) is 1. The largest absolute Gasteiger partial charge is 0.474 e. The zero-order valence-electron chi connectivity index (χ0n) is 13.5. The molecule has 1 atom stereocenters. The molecular formula is C19H22N2O3. The van der Waals surface area contributed by atoms with Crippen LogP contribution in [0.2, 0.25) is 0 Å². The van der Waals surface area contributed by atoms with Crippen LogP contribution in [0.15, 0.2) is 48.7 Å². The summed E-state index contributed by atoms with van der Waals surface area (Å²) < 4.78 is 5.96. The Kier molecular flexibility index (Phi) is 5.43. The van der Waals surface area contributed by atoms with Crippen molar-refractivity contribution in [2.75, 3.05) is 0 Å². The number of hydrogen-bond donors (Lipinski definition) is 2. The number of amides is 1. The van der Waals surface area contributed by atoms with E-state index in [1.54, 1.807) is 30.5 Å². The highest BCUT2D eigenvalue weighted by atomic mass is 16.5. The van der Waals surface area contributed by atoms with E-state index in [9.17, 15) is 9.90 Å². The van der Waals surface area contributed by atoms with Crippen molar-refractivity contribution in [1.82, 2.24) is 10.3 Å². The number of nitrogens with one attached hydrogen (secondary N) is 1. The van der Waals surface area contributed by atoms with Gasteiger partial charge in [0.2, 0.25) is 5.88 Å². The lowest BCUT2D eigenvalue weighted by atomic mass is 10.1. The topological polar surface area (TPSA) is 71.5 Å². The van der Waals surface area contributed by atoms with Gasteiger partial charge in [-0.3, -0.25) is 4.79 Å². The van der Waals surface area contributed by atoms with Crippen molar-refractivity contribution in [2.45, 2.75) is 44.4 Å². The smallest absolute Gasteiger partial charge is 0.253 e. The molecule has 0 bridgehead atoms. The number of hydrogen-bond acceptors (Lipinski definition) is 4. The lowest BCUT2D eigenvalue weighted by Crippen LogP contribution is -2.29. The molecule has 24 heavy (non-hydrogen) atoms. The molecule has 126 valence electrons. The number of aliphatic hydroxyl groups is 1. The van der Waals surface area contributed by atoms with Crippen LogP contribution in [-0.4, -0.2) is 22.1 Å². The summed E-state index contributed by atoms with van der Waals surface area (Å²) in [4.78, 5) is 16.4. The normalized spacial score (nSPS) is 15.9. The molecule has 3 rings (SSSR count). The SMILES string of the molecule is O=C(NCc1cccnc1OC1CCCC1)C(O)c1ccccc1. The summed E-state index contributed by atoms with van der Waals surface area (Å²) in [6, 6.07) is 12.6. The molecule has 0 aliphatic heterocycles. The third-order valence-corrected chi connectivity index (χ3v) is 4.25. The van der Waals surface area contributed by atoms with E-state index in [0.29, 0.717) is 11.4 Å². The summed E-state index contributed by atoms with van der Waals surface area (Å²) >= 11 is 0. The van der Waals surface area contributed by atoms with E-state index < -0.39 is 12.0 Å². The number of carbonyl (C=O) groups is 1. The molecule has 5 nitrogen and oxygen atoms in total. The Morgan fingerprint density at radius 3 is 2.71 bits per heavy atom. The number of rotatable bonds is 6. The molecule has 1 aromatic carbocycles. The van der Waals surface area contributed by atoms with Crippen LogP contribution in [0.25, 0.3) is 0 Å². The zero-order chi connectivity index (χ0) is 16.8. The van der Waals surface area contributed by atoms with Gasteiger partial charge < -0.3 is 15.2 Å². The molecule has 1 heterocycles. The first-order chi connectivity index (χ1) is 11.7. The molecule has 1 amide bonds. The second kappa shape index (κ2) is 7.93. The average molecular weight is 326 g/mol. The quantitative estimate of drug-likeness (QED) is 0.856. The Hall–Kier alpha value is -2.40. The molecular weight excluding hydrogens is 304 g/mol. The second-order valence-electron chi connectivity index (χ2n) is 6.02. The van der Waals surface area contributed by atoms with Crippen LogP contribution in [0, 0.1) is 0 Å². The van der Waals surface area contributed by atoms with Crippen LogP contribution in [-0.2, 0) is 11.3 Å². The van der Waals surface area contributed by atoms with Gasteiger partial charge in [-0.15, -0.1) is 0 Å². The van der Waals surface area contributed by atoms with Crippen LogP contribution in [0.3, 0.4) is 0 Å². The minimum Gasteiger partial charge on any atom is -0.474 e. The highest BCUT2D eigenvalue weighted by Gasteiger charge is 2.20. The standard InChI is InChI=1S/C19H22N2O3/c22-17(14-7-2-1-3-8-14)18(23)21-13-15-9-6-12-20-19(15)24-16-10-4-5-11-16/h1-3,6-9,12,16-17,22H,4-5,10-11,13H2,(H,21,23). The van der Waals surface area contributed by atoms with E-state index in [1.807, 2.05) is 18.2 Å². The second-order valence-corrected chi connectivity index (χ2v) is 6.02.